The molecule has 0 unspecified atom stereocenters. The van der Waals surface area contributed by atoms with Crippen molar-refractivity contribution in [3.63, 3.8) is 0 Å². The number of halogens is 1. The van der Waals surface area contributed by atoms with Gasteiger partial charge in [-0.05, 0) is 36.8 Å². The second-order valence-corrected chi connectivity index (χ2v) is 6.22. The average molecular weight is 387 g/mol. The Labute approximate surface area is 147 Å². The number of anilines is 2. The van der Waals surface area contributed by atoms with Crippen molar-refractivity contribution < 1.29 is 9.59 Å². The number of hydrogen-bond donors (Lipinski definition) is 2. The fourth-order valence-electron chi connectivity index (χ4n) is 2.33. The summed E-state index contributed by atoms with van der Waals surface area (Å²) in [5, 5.41) is 10.1. The molecule has 7 heteroatoms. The summed E-state index contributed by atoms with van der Waals surface area (Å²) in [6, 6.07) is 12.8. The number of carbonyl (C=O) groups excluding carboxylic acids is 2. The maximum atomic E-state index is 12.1. The number of amides is 2. The topological polar surface area (TPSA) is 76.0 Å². The molecule has 0 saturated heterocycles. The quantitative estimate of drug-likeness (QED) is 0.663. The third-order valence-corrected chi connectivity index (χ3v) is 4.48. The number of hydrogen-bond acceptors (Lipinski definition) is 3. The van der Waals surface area contributed by atoms with Gasteiger partial charge >= 0.3 is 11.8 Å². The second kappa shape index (κ2) is 6.45. The molecule has 0 fully saturated rings. The van der Waals surface area contributed by atoms with Gasteiger partial charge in [0.25, 0.3) is 0 Å². The van der Waals surface area contributed by atoms with Crippen LogP contribution in [-0.4, -0.2) is 21.6 Å². The van der Waals surface area contributed by atoms with Crippen molar-refractivity contribution in [2.75, 3.05) is 10.6 Å². The van der Waals surface area contributed by atoms with Crippen LogP contribution in [0.25, 0.3) is 10.9 Å². The minimum Gasteiger partial charge on any atom is -0.318 e. The van der Waals surface area contributed by atoms with Gasteiger partial charge in [-0.25, -0.2) is 0 Å². The molecule has 1 aromatic heterocycles. The summed E-state index contributed by atoms with van der Waals surface area (Å²) in [6.45, 7) is 1.94. The summed E-state index contributed by atoms with van der Waals surface area (Å²) in [4.78, 5) is 24.2. The van der Waals surface area contributed by atoms with E-state index in [0.717, 1.165) is 20.9 Å². The Bertz CT molecular complexity index is 949. The highest BCUT2D eigenvalue weighted by atomic mass is 79.9. The van der Waals surface area contributed by atoms with Crippen LogP contribution in [0.15, 0.2) is 46.9 Å². The SMILES string of the molecule is Cc1ccc(NC(=O)C(=O)Nc2nn(C)c3ccccc23)cc1Br. The lowest BCUT2D eigenvalue weighted by atomic mass is 10.2. The Morgan fingerprint density at radius 1 is 1.08 bits per heavy atom. The number of aromatic nitrogens is 2. The Hall–Kier alpha value is -2.67. The van der Waals surface area contributed by atoms with Gasteiger partial charge in [-0.2, -0.15) is 5.10 Å². The van der Waals surface area contributed by atoms with E-state index >= 15 is 0 Å². The highest BCUT2D eigenvalue weighted by Gasteiger charge is 2.17. The number of carbonyl (C=O) groups is 2. The van der Waals surface area contributed by atoms with Crippen molar-refractivity contribution in [3.8, 4) is 0 Å². The molecule has 2 amide bonds. The van der Waals surface area contributed by atoms with E-state index in [-0.39, 0.29) is 0 Å². The van der Waals surface area contributed by atoms with E-state index in [0.29, 0.717) is 11.5 Å². The van der Waals surface area contributed by atoms with Gasteiger partial charge in [-0.15, -0.1) is 0 Å². The minimum atomic E-state index is -0.768. The predicted molar refractivity (Wildman–Crippen MR) is 96.9 cm³/mol. The van der Waals surface area contributed by atoms with E-state index in [1.54, 1.807) is 23.9 Å². The van der Waals surface area contributed by atoms with E-state index in [2.05, 4.69) is 31.7 Å². The molecule has 0 spiro atoms. The van der Waals surface area contributed by atoms with Crippen molar-refractivity contribution in [2.24, 2.45) is 7.05 Å². The Morgan fingerprint density at radius 3 is 2.54 bits per heavy atom. The first kappa shape index (κ1) is 16.2. The summed E-state index contributed by atoms with van der Waals surface area (Å²) in [5.74, 6) is -1.16. The molecule has 3 rings (SSSR count). The van der Waals surface area contributed by atoms with Crippen LogP contribution in [-0.2, 0) is 16.6 Å². The number of aryl methyl sites for hydroxylation is 2. The van der Waals surface area contributed by atoms with Gasteiger partial charge in [0.2, 0.25) is 0 Å². The third kappa shape index (κ3) is 3.16. The lowest BCUT2D eigenvalue weighted by molar-refractivity contribution is -0.133. The maximum absolute atomic E-state index is 12.1. The number of fused-ring (bicyclic) bond motifs is 1. The molecule has 0 aliphatic carbocycles. The van der Waals surface area contributed by atoms with Crippen molar-refractivity contribution in [3.05, 3.63) is 52.5 Å². The molecular formula is C17H15BrN4O2. The molecule has 6 nitrogen and oxygen atoms in total. The van der Waals surface area contributed by atoms with E-state index in [1.165, 1.54) is 0 Å². The number of para-hydroxylation sites is 1. The summed E-state index contributed by atoms with van der Waals surface area (Å²) in [7, 11) is 1.78. The van der Waals surface area contributed by atoms with Gasteiger partial charge in [0.1, 0.15) is 0 Å². The molecular weight excluding hydrogens is 372 g/mol. The normalized spacial score (nSPS) is 10.6. The molecule has 3 aromatic rings. The van der Waals surface area contributed by atoms with Crippen LogP contribution in [0.5, 0.6) is 0 Å². The molecule has 2 aromatic carbocycles. The van der Waals surface area contributed by atoms with Crippen LogP contribution in [0.3, 0.4) is 0 Å². The first-order chi connectivity index (χ1) is 11.5. The zero-order chi connectivity index (χ0) is 17.3. The Balaban J connectivity index is 1.76. The van der Waals surface area contributed by atoms with E-state index in [9.17, 15) is 9.59 Å². The van der Waals surface area contributed by atoms with Crippen LogP contribution in [0.1, 0.15) is 5.56 Å². The van der Waals surface area contributed by atoms with Crippen molar-refractivity contribution in [1.82, 2.24) is 9.78 Å². The van der Waals surface area contributed by atoms with Crippen LogP contribution in [0, 0.1) is 6.92 Å². The van der Waals surface area contributed by atoms with Crippen molar-refractivity contribution in [2.45, 2.75) is 6.92 Å². The van der Waals surface area contributed by atoms with Crippen LogP contribution < -0.4 is 10.6 Å². The van der Waals surface area contributed by atoms with Crippen LogP contribution in [0.4, 0.5) is 11.5 Å². The zero-order valence-corrected chi connectivity index (χ0v) is 14.7. The number of benzene rings is 2. The molecule has 122 valence electrons. The first-order valence-electron chi connectivity index (χ1n) is 7.26. The maximum Gasteiger partial charge on any atom is 0.315 e. The Kier molecular flexibility index (Phi) is 4.35. The molecule has 0 atom stereocenters. The van der Waals surface area contributed by atoms with Crippen molar-refractivity contribution in [1.29, 1.82) is 0 Å². The largest absolute Gasteiger partial charge is 0.318 e. The van der Waals surface area contributed by atoms with Gasteiger partial charge in [-0.1, -0.05) is 34.1 Å². The van der Waals surface area contributed by atoms with E-state index < -0.39 is 11.8 Å². The molecule has 2 N–H and O–H groups in total. The first-order valence-corrected chi connectivity index (χ1v) is 8.05. The van der Waals surface area contributed by atoms with Gasteiger partial charge in [-0.3, -0.25) is 14.3 Å². The summed E-state index contributed by atoms with van der Waals surface area (Å²) < 4.78 is 2.51. The summed E-state index contributed by atoms with van der Waals surface area (Å²) >= 11 is 3.39. The number of rotatable bonds is 2. The van der Waals surface area contributed by atoms with E-state index in [1.807, 2.05) is 37.3 Å². The molecule has 0 aliphatic rings. The molecule has 0 aliphatic heterocycles. The Morgan fingerprint density at radius 2 is 1.79 bits per heavy atom. The van der Waals surface area contributed by atoms with Gasteiger partial charge in [0.15, 0.2) is 5.82 Å². The molecule has 0 radical (unpaired) electrons. The lowest BCUT2D eigenvalue weighted by Crippen LogP contribution is -2.29. The smallest absolute Gasteiger partial charge is 0.315 e. The zero-order valence-electron chi connectivity index (χ0n) is 13.1. The van der Waals surface area contributed by atoms with Crippen LogP contribution in [0.2, 0.25) is 0 Å². The lowest BCUT2D eigenvalue weighted by Gasteiger charge is -2.07. The number of nitrogens with one attached hydrogen (secondary N) is 2. The monoisotopic (exact) mass is 386 g/mol. The summed E-state index contributed by atoms with van der Waals surface area (Å²) in [5.41, 5.74) is 2.45. The fraction of sp³-hybridized carbons (Fsp3) is 0.118. The van der Waals surface area contributed by atoms with Gasteiger partial charge in [0, 0.05) is 22.6 Å². The molecule has 0 saturated carbocycles. The average Bonchev–Trinajstić information content (AvgIpc) is 2.87. The van der Waals surface area contributed by atoms with Crippen molar-refractivity contribution >= 4 is 50.2 Å². The molecule has 0 bridgehead atoms. The third-order valence-electron chi connectivity index (χ3n) is 3.63. The predicted octanol–water partition coefficient (Wildman–Crippen LogP) is 3.22. The minimum absolute atomic E-state index is 0.360. The van der Waals surface area contributed by atoms with Gasteiger partial charge < -0.3 is 10.6 Å². The van der Waals surface area contributed by atoms with Crippen LogP contribution >= 0.6 is 15.9 Å². The highest BCUT2D eigenvalue weighted by Crippen LogP contribution is 2.22. The van der Waals surface area contributed by atoms with E-state index in [4.69, 9.17) is 0 Å². The highest BCUT2D eigenvalue weighted by molar-refractivity contribution is 9.10. The molecule has 1 heterocycles. The summed E-state index contributed by atoms with van der Waals surface area (Å²) in [6.07, 6.45) is 0. The fourth-order valence-corrected chi connectivity index (χ4v) is 2.71. The standard InChI is InChI=1S/C17H15BrN4O2/c1-10-7-8-11(9-13(10)18)19-16(23)17(24)20-15-12-5-3-4-6-14(12)22(2)21-15/h3-9H,1-2H3,(H,19,23)(H,20,21,24). The van der Waals surface area contributed by atoms with Gasteiger partial charge in [0.05, 0.1) is 5.52 Å². The number of nitrogens with zero attached hydrogens (tertiary/aromatic N) is 2. The second-order valence-electron chi connectivity index (χ2n) is 5.36. The molecule has 24 heavy (non-hydrogen) atoms.